The van der Waals surface area contributed by atoms with Crippen LogP contribution in [0.4, 0.5) is 26.3 Å². The molecule has 0 aliphatic heterocycles. The Morgan fingerprint density at radius 3 is 1.16 bits per heavy atom. The molecule has 0 aliphatic carbocycles. The lowest BCUT2D eigenvalue weighted by molar-refractivity contribution is -0.144. The molecule has 2 aromatic heterocycles. The van der Waals surface area contributed by atoms with Crippen LogP contribution >= 0.6 is 0 Å². The van der Waals surface area contributed by atoms with E-state index in [-0.39, 0.29) is 84.2 Å². The number of aliphatic carboxylic acids is 1. The van der Waals surface area contributed by atoms with Gasteiger partial charge in [0.2, 0.25) is 0 Å². The number of esters is 1. The molecule has 2 heterocycles. The molecule has 4 aromatic carbocycles. The molecule has 0 radical (unpaired) electrons. The van der Waals surface area contributed by atoms with Crippen molar-refractivity contribution >= 4 is 23.5 Å². The summed E-state index contributed by atoms with van der Waals surface area (Å²) >= 11 is 0. The molecular weight excluding hydrogens is 1160 g/mol. The summed E-state index contributed by atoms with van der Waals surface area (Å²) < 4.78 is 97.9. The second-order valence-corrected chi connectivity index (χ2v) is 25.6. The Morgan fingerprint density at radius 2 is 0.844 bits per heavy atom. The molecule has 0 aliphatic rings. The van der Waals surface area contributed by atoms with Crippen LogP contribution in [-0.2, 0) is 36.8 Å². The van der Waals surface area contributed by atoms with Crippen LogP contribution in [0.2, 0.25) is 0 Å². The van der Waals surface area contributed by atoms with Crippen molar-refractivity contribution < 1.29 is 55.4 Å². The summed E-state index contributed by atoms with van der Waals surface area (Å²) in [6.07, 6.45) is 3.02. The van der Waals surface area contributed by atoms with Crippen molar-refractivity contribution in [3.63, 3.8) is 0 Å². The van der Waals surface area contributed by atoms with Crippen LogP contribution in [0.3, 0.4) is 0 Å². The highest BCUT2D eigenvalue weighted by molar-refractivity contribution is 5.86. The molecule has 12 nitrogen and oxygen atoms in total. The average molecular weight is 1250 g/mol. The first-order chi connectivity index (χ1) is 42.1. The summed E-state index contributed by atoms with van der Waals surface area (Å²) in [5, 5.41) is 9.79. The Kier molecular flexibility index (Phi) is 26.1. The van der Waals surface area contributed by atoms with E-state index in [9.17, 15) is 42.7 Å². The monoisotopic (exact) mass is 1250 g/mol. The van der Waals surface area contributed by atoms with Crippen molar-refractivity contribution in [2.45, 2.75) is 165 Å². The summed E-state index contributed by atoms with van der Waals surface area (Å²) in [5.41, 5.74) is 5.88. The van der Waals surface area contributed by atoms with Crippen molar-refractivity contribution in [3.05, 3.63) is 183 Å². The number of likely N-dealkylation sites (N-methyl/N-ethyl adjacent to an activating group) is 2. The van der Waals surface area contributed by atoms with E-state index >= 15 is 17.6 Å². The van der Waals surface area contributed by atoms with Gasteiger partial charge in [-0.1, -0.05) is 27.7 Å². The van der Waals surface area contributed by atoms with Gasteiger partial charge >= 0.3 is 11.9 Å². The van der Waals surface area contributed by atoms with Crippen molar-refractivity contribution in [1.82, 2.24) is 18.9 Å². The lowest BCUT2D eigenvalue weighted by atomic mass is 9.83. The quantitative estimate of drug-likeness (QED) is 0.0390. The van der Waals surface area contributed by atoms with Crippen molar-refractivity contribution in [3.8, 4) is 22.3 Å². The molecule has 6 aromatic rings. The Bertz CT molecular complexity index is 3690. The standard InChI is InChI=1S/C37H47F3N2O4.C35H43F3N2O4/c1-10-46-33(44)19-27(30-17-28(14-24(6)35(30)39)34-22(4)15-29(38)16-23(34)5)18-32(43)31(13-21(2)3)42-20-26(11-12-41(8)9)25(7)36(40)37(42)45;1-19(2)11-29(40-18-24(9-10-39(7)8)23(6)34(38)35(40)44)30(41)16-25(17-31(42)43)28-15-26(12-22(5)33(28)37)32-20(3)13-27(36)14-21(32)4/h14-17,20-21,27,31H,10-13,18-19H2,1-9H3;12-15,18-19,25,29H,9-11,16-17H2,1-8H3,(H,42,43)/t27-,31?;25-,29?/m00/s1. The number of ether oxygens (including phenoxy) is 1. The maximum absolute atomic E-state index is 16.0. The average Bonchev–Trinajstić information content (AvgIpc) is 1.47. The number of benzene rings is 4. The van der Waals surface area contributed by atoms with E-state index < -0.39 is 94.1 Å². The minimum Gasteiger partial charge on any atom is -0.481 e. The predicted octanol–water partition coefficient (Wildman–Crippen LogP) is 14.6. The molecule has 0 bridgehead atoms. The van der Waals surface area contributed by atoms with E-state index in [2.05, 4.69) is 0 Å². The molecule has 2 unspecified atom stereocenters. The normalized spacial score (nSPS) is 13.0. The fourth-order valence-corrected chi connectivity index (χ4v) is 12.0. The predicted molar refractivity (Wildman–Crippen MR) is 343 cm³/mol. The number of rotatable bonds is 27. The fourth-order valence-electron chi connectivity index (χ4n) is 12.0. The number of ketones is 2. The smallest absolute Gasteiger partial charge is 0.306 e. The number of pyridine rings is 2. The van der Waals surface area contributed by atoms with Crippen LogP contribution in [0.25, 0.3) is 22.3 Å². The molecule has 0 fully saturated rings. The van der Waals surface area contributed by atoms with Gasteiger partial charge in [-0.05, 0) is 266 Å². The van der Waals surface area contributed by atoms with Crippen molar-refractivity contribution in [2.75, 3.05) is 47.9 Å². The van der Waals surface area contributed by atoms with Gasteiger partial charge in [-0.3, -0.25) is 28.8 Å². The van der Waals surface area contributed by atoms with Gasteiger partial charge in [0.1, 0.15) is 23.3 Å². The van der Waals surface area contributed by atoms with Crippen LogP contribution in [-0.4, -0.2) is 95.4 Å². The van der Waals surface area contributed by atoms with Crippen molar-refractivity contribution in [2.24, 2.45) is 11.8 Å². The molecule has 90 heavy (non-hydrogen) atoms. The zero-order chi connectivity index (χ0) is 67.5. The number of hydrogen-bond donors (Lipinski definition) is 1. The Hall–Kier alpha value is -7.44. The third kappa shape index (κ3) is 18.6. The number of hydrogen-bond acceptors (Lipinski definition) is 9. The number of halogens is 6. The maximum Gasteiger partial charge on any atom is 0.306 e. The SMILES string of the molecule is CCOC(=O)C[C@H](CC(=O)C(CC(C)C)n1cc(CCN(C)C)c(C)c(F)c1=O)c1cc(-c2c(C)cc(F)cc2C)cc(C)c1F.Cc1cc(-c2c(C)cc(F)cc2C)cc([C@H](CC(=O)O)CC(=O)C(CC(C)C)n2cc(CCN(C)C)c(C)c(F)c2=O)c1F. The highest BCUT2D eigenvalue weighted by Crippen LogP contribution is 2.39. The van der Waals surface area contributed by atoms with Gasteiger partial charge in [0.15, 0.2) is 23.2 Å². The molecule has 0 spiro atoms. The minimum absolute atomic E-state index is 0.0364. The Morgan fingerprint density at radius 1 is 0.500 bits per heavy atom. The molecule has 18 heteroatoms. The summed E-state index contributed by atoms with van der Waals surface area (Å²) in [6, 6.07) is 9.90. The number of aromatic nitrogens is 2. The number of carboxylic acids is 1. The van der Waals surface area contributed by atoms with Gasteiger partial charge < -0.3 is 28.8 Å². The molecule has 1 N–H and O–H groups in total. The van der Waals surface area contributed by atoms with Crippen LogP contribution in [0.15, 0.2) is 70.5 Å². The molecule has 6 rings (SSSR count). The number of carboxylic acid groups (broad SMARTS) is 1. The molecular formula is C72H90F6N4O8. The summed E-state index contributed by atoms with van der Waals surface area (Å²) in [7, 11) is 7.55. The molecule has 4 atom stereocenters. The zero-order valence-electron chi connectivity index (χ0n) is 55.4. The topological polar surface area (TPSA) is 148 Å². The Labute approximate surface area is 526 Å². The van der Waals surface area contributed by atoms with Crippen LogP contribution in [0.1, 0.15) is 164 Å². The van der Waals surface area contributed by atoms with E-state index in [0.29, 0.717) is 81.6 Å². The summed E-state index contributed by atoms with van der Waals surface area (Å²) in [4.78, 5) is 83.4. The van der Waals surface area contributed by atoms with Gasteiger partial charge in [0.25, 0.3) is 11.1 Å². The maximum atomic E-state index is 16.0. The van der Waals surface area contributed by atoms with Gasteiger partial charge in [-0.2, -0.15) is 0 Å². The highest BCUT2D eigenvalue weighted by atomic mass is 19.1. The van der Waals surface area contributed by atoms with E-state index in [1.165, 1.54) is 48.0 Å². The number of nitrogens with zero attached hydrogens (tertiary/aromatic N) is 4. The van der Waals surface area contributed by atoms with E-state index in [1.807, 2.05) is 65.7 Å². The highest BCUT2D eigenvalue weighted by Gasteiger charge is 2.34. The van der Waals surface area contributed by atoms with Crippen LogP contribution < -0.4 is 11.1 Å². The summed E-state index contributed by atoms with van der Waals surface area (Å²) in [6.45, 7) is 23.8. The van der Waals surface area contributed by atoms with Gasteiger partial charge in [-0.15, -0.1) is 0 Å². The minimum atomic E-state index is -1.22. The third-order valence-corrected chi connectivity index (χ3v) is 16.6. The Balaban J connectivity index is 0.000000328. The zero-order valence-corrected chi connectivity index (χ0v) is 55.4. The van der Waals surface area contributed by atoms with E-state index in [0.717, 1.165) is 10.1 Å². The lowest BCUT2D eigenvalue weighted by Crippen LogP contribution is -2.34. The second-order valence-electron chi connectivity index (χ2n) is 25.6. The lowest BCUT2D eigenvalue weighted by Gasteiger charge is -2.26. The van der Waals surface area contributed by atoms with E-state index in [1.54, 1.807) is 79.8 Å². The number of carbonyl (C=O) groups excluding carboxylic acids is 3. The van der Waals surface area contributed by atoms with Gasteiger partial charge in [-0.25, -0.2) is 26.3 Å². The number of Topliss-reactive ketones (excluding diaryl/α,β-unsaturated/α-hetero) is 2. The van der Waals surface area contributed by atoms with Crippen LogP contribution in [0, 0.1) is 102 Å². The number of aryl methyl sites for hydroxylation is 6. The molecule has 0 saturated carbocycles. The molecule has 0 saturated heterocycles. The fraction of sp³-hybridized carbons (Fsp3) is 0.472. The first-order valence-electron chi connectivity index (χ1n) is 30.7. The first-order valence-corrected chi connectivity index (χ1v) is 30.7. The van der Waals surface area contributed by atoms with E-state index in [4.69, 9.17) is 4.74 Å². The molecule has 0 amide bonds. The largest absolute Gasteiger partial charge is 0.481 e. The summed E-state index contributed by atoms with van der Waals surface area (Å²) in [5.74, 6) is -8.60. The number of carbonyl (C=O) groups is 4. The van der Waals surface area contributed by atoms with Crippen LogP contribution in [0.5, 0.6) is 0 Å². The first kappa shape index (κ1) is 73.3. The van der Waals surface area contributed by atoms with Gasteiger partial charge in [0, 0.05) is 50.2 Å². The molecule has 488 valence electrons. The van der Waals surface area contributed by atoms with Gasteiger partial charge in [0.05, 0.1) is 31.5 Å². The second kappa shape index (κ2) is 32.0. The third-order valence-electron chi connectivity index (χ3n) is 16.6. The van der Waals surface area contributed by atoms with Crippen molar-refractivity contribution in [1.29, 1.82) is 0 Å².